The second-order valence-corrected chi connectivity index (χ2v) is 4.32. The maximum Gasteiger partial charge on any atom is 0.228 e. The molecule has 0 radical (unpaired) electrons. The number of rotatable bonds is 4. The predicted molar refractivity (Wildman–Crippen MR) is 71.1 cm³/mol. The minimum atomic E-state index is -0.620. The Labute approximate surface area is 114 Å². The SMILES string of the molecule is O=C(Cc1cc(F)ccc1F)Nc1cccc(CO)c1. The van der Waals surface area contributed by atoms with Crippen LogP contribution in [-0.2, 0) is 17.8 Å². The highest BCUT2D eigenvalue weighted by Gasteiger charge is 2.10. The van der Waals surface area contributed by atoms with Gasteiger partial charge in [-0.3, -0.25) is 4.79 Å². The van der Waals surface area contributed by atoms with Crippen molar-refractivity contribution in [1.29, 1.82) is 0 Å². The average molecular weight is 277 g/mol. The molecule has 3 nitrogen and oxygen atoms in total. The van der Waals surface area contributed by atoms with Crippen LogP contribution in [0, 0.1) is 11.6 Å². The molecule has 0 aliphatic heterocycles. The number of anilines is 1. The molecule has 0 aromatic heterocycles. The van der Waals surface area contributed by atoms with Crippen LogP contribution in [0.1, 0.15) is 11.1 Å². The van der Waals surface area contributed by atoms with Gasteiger partial charge < -0.3 is 10.4 Å². The van der Waals surface area contributed by atoms with Gasteiger partial charge in [0.15, 0.2) is 0 Å². The van der Waals surface area contributed by atoms with Crippen LogP contribution in [0.5, 0.6) is 0 Å². The number of carbonyl (C=O) groups excluding carboxylic acids is 1. The highest BCUT2D eigenvalue weighted by atomic mass is 19.1. The smallest absolute Gasteiger partial charge is 0.228 e. The number of aliphatic hydroxyl groups is 1. The summed E-state index contributed by atoms with van der Waals surface area (Å²) in [5.41, 5.74) is 1.15. The number of benzene rings is 2. The average Bonchev–Trinajstić information content (AvgIpc) is 2.43. The summed E-state index contributed by atoms with van der Waals surface area (Å²) in [6.45, 7) is -0.137. The third-order valence-corrected chi connectivity index (χ3v) is 2.75. The molecular weight excluding hydrogens is 264 g/mol. The molecule has 2 rings (SSSR count). The van der Waals surface area contributed by atoms with Gasteiger partial charge in [-0.15, -0.1) is 0 Å². The fourth-order valence-corrected chi connectivity index (χ4v) is 1.80. The molecule has 0 atom stereocenters. The van der Waals surface area contributed by atoms with E-state index >= 15 is 0 Å². The fourth-order valence-electron chi connectivity index (χ4n) is 1.80. The molecule has 0 aliphatic carbocycles. The van der Waals surface area contributed by atoms with Gasteiger partial charge in [-0.25, -0.2) is 8.78 Å². The van der Waals surface area contributed by atoms with Gasteiger partial charge in [0.2, 0.25) is 5.91 Å². The molecule has 104 valence electrons. The van der Waals surface area contributed by atoms with Crippen molar-refractivity contribution in [2.24, 2.45) is 0 Å². The van der Waals surface area contributed by atoms with E-state index in [0.717, 1.165) is 18.2 Å². The normalized spacial score (nSPS) is 10.3. The highest BCUT2D eigenvalue weighted by Crippen LogP contribution is 2.13. The first-order chi connectivity index (χ1) is 9.58. The maximum atomic E-state index is 13.4. The Morgan fingerprint density at radius 2 is 1.95 bits per heavy atom. The minimum Gasteiger partial charge on any atom is -0.392 e. The molecular formula is C15H13F2NO2. The van der Waals surface area contributed by atoms with Gasteiger partial charge in [0.1, 0.15) is 11.6 Å². The van der Waals surface area contributed by atoms with Crippen molar-refractivity contribution in [3.63, 3.8) is 0 Å². The molecule has 0 saturated heterocycles. The van der Waals surface area contributed by atoms with E-state index in [2.05, 4.69) is 5.32 Å². The molecule has 0 aliphatic rings. The van der Waals surface area contributed by atoms with E-state index in [1.807, 2.05) is 0 Å². The molecule has 5 heteroatoms. The van der Waals surface area contributed by atoms with Crippen molar-refractivity contribution >= 4 is 11.6 Å². The topological polar surface area (TPSA) is 49.3 Å². The van der Waals surface area contributed by atoms with Gasteiger partial charge in [-0.05, 0) is 35.9 Å². The first kappa shape index (κ1) is 14.1. The first-order valence-corrected chi connectivity index (χ1v) is 6.02. The van der Waals surface area contributed by atoms with E-state index in [9.17, 15) is 13.6 Å². The number of hydrogen-bond acceptors (Lipinski definition) is 2. The molecule has 2 aromatic carbocycles. The molecule has 0 fully saturated rings. The minimum absolute atomic E-state index is 0.000753. The summed E-state index contributed by atoms with van der Waals surface area (Å²) >= 11 is 0. The van der Waals surface area contributed by atoms with E-state index < -0.39 is 17.5 Å². The number of amides is 1. The van der Waals surface area contributed by atoms with Crippen LogP contribution in [0.25, 0.3) is 0 Å². The van der Waals surface area contributed by atoms with Crippen molar-refractivity contribution in [2.45, 2.75) is 13.0 Å². The Bertz CT molecular complexity index is 629. The molecule has 20 heavy (non-hydrogen) atoms. The van der Waals surface area contributed by atoms with Crippen LogP contribution in [0.2, 0.25) is 0 Å². The zero-order valence-electron chi connectivity index (χ0n) is 10.6. The maximum absolute atomic E-state index is 13.4. The van der Waals surface area contributed by atoms with Gasteiger partial charge in [-0.1, -0.05) is 12.1 Å². The standard InChI is InChI=1S/C15H13F2NO2/c16-12-4-5-14(17)11(7-12)8-15(20)18-13-3-1-2-10(6-13)9-19/h1-7,19H,8-9H2,(H,18,20). The number of halogens is 2. The molecule has 0 unspecified atom stereocenters. The third-order valence-electron chi connectivity index (χ3n) is 2.75. The Morgan fingerprint density at radius 1 is 1.15 bits per heavy atom. The van der Waals surface area contributed by atoms with Crippen molar-refractivity contribution in [1.82, 2.24) is 0 Å². The van der Waals surface area contributed by atoms with Crippen molar-refractivity contribution in [3.05, 3.63) is 65.2 Å². The van der Waals surface area contributed by atoms with E-state index in [0.29, 0.717) is 11.3 Å². The molecule has 0 bridgehead atoms. The molecule has 1 amide bonds. The second kappa shape index (κ2) is 6.25. The number of nitrogens with one attached hydrogen (secondary N) is 1. The Hall–Kier alpha value is -2.27. The van der Waals surface area contributed by atoms with Crippen molar-refractivity contribution < 1.29 is 18.7 Å². The van der Waals surface area contributed by atoms with Gasteiger partial charge >= 0.3 is 0 Å². The van der Waals surface area contributed by atoms with Gasteiger partial charge in [-0.2, -0.15) is 0 Å². The summed E-state index contributed by atoms with van der Waals surface area (Å²) < 4.78 is 26.4. The number of carbonyl (C=O) groups is 1. The monoisotopic (exact) mass is 277 g/mol. The summed E-state index contributed by atoms with van der Waals surface area (Å²) in [6.07, 6.45) is -0.257. The van der Waals surface area contributed by atoms with E-state index in [4.69, 9.17) is 5.11 Å². The van der Waals surface area contributed by atoms with E-state index in [1.54, 1.807) is 24.3 Å². The van der Waals surface area contributed by atoms with Crippen LogP contribution in [0.15, 0.2) is 42.5 Å². The number of aliphatic hydroxyl groups excluding tert-OH is 1. The molecule has 0 spiro atoms. The van der Waals surface area contributed by atoms with Gasteiger partial charge in [0.05, 0.1) is 13.0 Å². The van der Waals surface area contributed by atoms with Crippen LogP contribution < -0.4 is 5.32 Å². The van der Waals surface area contributed by atoms with Crippen LogP contribution in [-0.4, -0.2) is 11.0 Å². The quantitative estimate of drug-likeness (QED) is 0.902. The summed E-state index contributed by atoms with van der Waals surface area (Å²) in [6, 6.07) is 9.65. The van der Waals surface area contributed by atoms with Crippen LogP contribution in [0.3, 0.4) is 0 Å². The summed E-state index contributed by atoms with van der Waals surface area (Å²) in [5.74, 6) is -1.66. The van der Waals surface area contributed by atoms with Gasteiger partial charge in [0.25, 0.3) is 0 Å². The fraction of sp³-hybridized carbons (Fsp3) is 0.133. The third kappa shape index (κ3) is 3.61. The first-order valence-electron chi connectivity index (χ1n) is 6.02. The Morgan fingerprint density at radius 3 is 2.70 bits per heavy atom. The Balaban J connectivity index is 2.07. The van der Waals surface area contributed by atoms with Crippen LogP contribution in [0.4, 0.5) is 14.5 Å². The Kier molecular flexibility index (Phi) is 4.42. The number of hydrogen-bond donors (Lipinski definition) is 2. The highest BCUT2D eigenvalue weighted by molar-refractivity contribution is 5.92. The lowest BCUT2D eigenvalue weighted by atomic mass is 10.1. The van der Waals surface area contributed by atoms with E-state index in [-0.39, 0.29) is 18.6 Å². The van der Waals surface area contributed by atoms with Gasteiger partial charge in [0, 0.05) is 11.3 Å². The second-order valence-electron chi connectivity index (χ2n) is 4.32. The molecule has 0 heterocycles. The van der Waals surface area contributed by atoms with E-state index in [1.165, 1.54) is 0 Å². The van der Waals surface area contributed by atoms with Crippen molar-refractivity contribution in [3.8, 4) is 0 Å². The summed E-state index contributed by atoms with van der Waals surface area (Å²) in [5, 5.41) is 11.6. The zero-order valence-corrected chi connectivity index (χ0v) is 10.6. The molecule has 2 N–H and O–H groups in total. The lowest BCUT2D eigenvalue weighted by Crippen LogP contribution is -2.15. The molecule has 2 aromatic rings. The summed E-state index contributed by atoms with van der Waals surface area (Å²) in [4.78, 5) is 11.8. The van der Waals surface area contributed by atoms with Crippen molar-refractivity contribution in [2.75, 3.05) is 5.32 Å². The lowest BCUT2D eigenvalue weighted by molar-refractivity contribution is -0.115. The zero-order chi connectivity index (χ0) is 14.5. The van der Waals surface area contributed by atoms with Crippen LogP contribution >= 0.6 is 0 Å². The molecule has 0 saturated carbocycles. The summed E-state index contributed by atoms with van der Waals surface area (Å²) in [7, 11) is 0. The largest absolute Gasteiger partial charge is 0.392 e. The lowest BCUT2D eigenvalue weighted by Gasteiger charge is -2.07. The predicted octanol–water partition coefficient (Wildman–Crippen LogP) is 2.64.